The molecule has 5 aromatic rings. The summed E-state index contributed by atoms with van der Waals surface area (Å²) in [5.74, 6) is -1.18. The van der Waals surface area contributed by atoms with E-state index in [1.54, 1.807) is 15.6 Å². The second-order valence-corrected chi connectivity index (χ2v) is 10.7. The van der Waals surface area contributed by atoms with Gasteiger partial charge in [-0.2, -0.15) is 4.98 Å². The van der Waals surface area contributed by atoms with Crippen LogP contribution in [0.5, 0.6) is 0 Å². The summed E-state index contributed by atoms with van der Waals surface area (Å²) < 4.78 is 31.5. The number of carbonyl (C=O) groups excluding carboxylic acids is 2. The summed E-state index contributed by atoms with van der Waals surface area (Å²) in [4.78, 5) is 32.2. The number of benzene rings is 2. The number of hydrogen-bond acceptors (Lipinski definition) is 4. The third kappa shape index (κ3) is 4.29. The predicted octanol–water partition coefficient (Wildman–Crippen LogP) is 5.49. The van der Waals surface area contributed by atoms with Crippen molar-refractivity contribution in [2.24, 2.45) is 13.0 Å². The van der Waals surface area contributed by atoms with Gasteiger partial charge in [-0.25, -0.2) is 13.3 Å². The number of anilines is 1. The van der Waals surface area contributed by atoms with Crippen LogP contribution < -0.4 is 5.32 Å². The van der Waals surface area contributed by atoms with Crippen molar-refractivity contribution in [1.82, 2.24) is 24.1 Å². The predicted molar refractivity (Wildman–Crippen MR) is 146 cm³/mol. The van der Waals surface area contributed by atoms with Gasteiger partial charge in [-0.1, -0.05) is 6.07 Å². The van der Waals surface area contributed by atoms with E-state index in [1.165, 1.54) is 12.1 Å². The van der Waals surface area contributed by atoms with E-state index in [1.807, 2.05) is 48.1 Å². The molecule has 10 heteroatoms. The van der Waals surface area contributed by atoms with Crippen molar-refractivity contribution in [2.45, 2.75) is 31.7 Å². The largest absolute Gasteiger partial charge is 0.350 e. The minimum atomic E-state index is -0.647. The molecular formula is C30H26F2N6O2. The zero-order chi connectivity index (χ0) is 27.5. The van der Waals surface area contributed by atoms with Crippen molar-refractivity contribution < 1.29 is 18.4 Å². The summed E-state index contributed by atoms with van der Waals surface area (Å²) in [5, 5.41) is 7.92. The van der Waals surface area contributed by atoms with Gasteiger partial charge >= 0.3 is 0 Å². The fourth-order valence-electron chi connectivity index (χ4n) is 5.69. The van der Waals surface area contributed by atoms with Crippen molar-refractivity contribution in [3.8, 4) is 11.1 Å². The molecule has 2 aromatic carbocycles. The number of amides is 2. The summed E-state index contributed by atoms with van der Waals surface area (Å²) in [6, 6.07) is 12.8. The highest BCUT2D eigenvalue weighted by Crippen LogP contribution is 2.36. The topological polar surface area (TPSA) is 84.5 Å². The van der Waals surface area contributed by atoms with Crippen LogP contribution in [0.4, 0.5) is 14.7 Å². The summed E-state index contributed by atoms with van der Waals surface area (Å²) >= 11 is 0. The van der Waals surface area contributed by atoms with Gasteiger partial charge in [0.25, 0.3) is 5.91 Å². The minimum absolute atomic E-state index is 0.0503. The van der Waals surface area contributed by atoms with Gasteiger partial charge in [0.15, 0.2) is 5.65 Å². The molecule has 3 aromatic heterocycles. The van der Waals surface area contributed by atoms with Crippen molar-refractivity contribution >= 4 is 34.3 Å². The lowest BCUT2D eigenvalue weighted by Gasteiger charge is -2.25. The number of fused-ring (bicyclic) bond motifs is 2. The third-order valence-electron chi connectivity index (χ3n) is 7.86. The number of likely N-dealkylation sites (tertiary alicyclic amines) is 1. The fraction of sp³-hybridized carbons (Fsp3) is 0.267. The Kier molecular flexibility index (Phi) is 5.65. The molecule has 8 nitrogen and oxygen atoms in total. The highest BCUT2D eigenvalue weighted by Gasteiger charge is 2.33. The SMILES string of the molecule is Cn1cc(C(=O)N2CCCC2c2cc(F)cc(F)c2)c2cc(-c3ccn4nc(NC(=O)C5CC5)nc4c3)ccc21. The van der Waals surface area contributed by atoms with Gasteiger partial charge in [-0.05, 0) is 78.8 Å². The second-order valence-electron chi connectivity index (χ2n) is 10.7. The van der Waals surface area contributed by atoms with E-state index in [0.717, 1.165) is 47.4 Å². The van der Waals surface area contributed by atoms with E-state index < -0.39 is 11.6 Å². The lowest BCUT2D eigenvalue weighted by molar-refractivity contribution is -0.117. The molecule has 1 N–H and O–H groups in total. The Morgan fingerprint density at radius 2 is 1.75 bits per heavy atom. The Bertz CT molecular complexity index is 1800. The van der Waals surface area contributed by atoms with Gasteiger partial charge in [0.1, 0.15) is 11.6 Å². The zero-order valence-electron chi connectivity index (χ0n) is 21.8. The molecule has 2 amide bonds. The highest BCUT2D eigenvalue weighted by molar-refractivity contribution is 6.08. The average molecular weight is 541 g/mol. The highest BCUT2D eigenvalue weighted by atomic mass is 19.1. The van der Waals surface area contributed by atoms with E-state index in [2.05, 4.69) is 15.4 Å². The summed E-state index contributed by atoms with van der Waals surface area (Å²) in [5.41, 5.74) is 4.28. The number of aromatic nitrogens is 4. The Hall–Kier alpha value is -4.60. The van der Waals surface area contributed by atoms with Crippen LogP contribution in [-0.2, 0) is 11.8 Å². The molecule has 0 spiro atoms. The molecule has 40 heavy (non-hydrogen) atoms. The smallest absolute Gasteiger partial charge is 0.256 e. The van der Waals surface area contributed by atoms with Crippen LogP contribution in [0, 0.1) is 17.6 Å². The first-order valence-corrected chi connectivity index (χ1v) is 13.4. The molecule has 4 heterocycles. The molecule has 2 fully saturated rings. The maximum atomic E-state index is 14.0. The molecule has 0 bridgehead atoms. The van der Waals surface area contributed by atoms with Crippen LogP contribution in [0.25, 0.3) is 27.7 Å². The molecule has 1 aliphatic heterocycles. The number of nitrogens with zero attached hydrogens (tertiary/aromatic N) is 5. The van der Waals surface area contributed by atoms with Crippen LogP contribution in [0.1, 0.15) is 47.6 Å². The maximum Gasteiger partial charge on any atom is 0.256 e. The lowest BCUT2D eigenvalue weighted by atomic mass is 10.0. The summed E-state index contributed by atoms with van der Waals surface area (Å²) in [6.07, 6.45) is 6.81. The monoisotopic (exact) mass is 540 g/mol. The number of carbonyl (C=O) groups is 2. The van der Waals surface area contributed by atoms with Crippen molar-refractivity contribution in [2.75, 3.05) is 11.9 Å². The number of rotatable bonds is 5. The van der Waals surface area contributed by atoms with Crippen molar-refractivity contribution in [3.63, 3.8) is 0 Å². The zero-order valence-corrected chi connectivity index (χ0v) is 21.8. The first-order chi connectivity index (χ1) is 19.3. The van der Waals surface area contributed by atoms with E-state index >= 15 is 0 Å². The number of halogens is 2. The fourth-order valence-corrected chi connectivity index (χ4v) is 5.69. The molecule has 1 saturated carbocycles. The van der Waals surface area contributed by atoms with Crippen LogP contribution in [0.3, 0.4) is 0 Å². The van der Waals surface area contributed by atoms with Crippen molar-refractivity contribution in [3.05, 3.63) is 83.7 Å². The number of nitrogens with one attached hydrogen (secondary N) is 1. The van der Waals surface area contributed by atoms with E-state index in [0.29, 0.717) is 29.7 Å². The molecule has 202 valence electrons. The standard InChI is InChI=1S/C30H26F2N6O2/c1-36-16-24(29(40)37-9-2-3-25(37)20-11-21(31)15-22(32)12-20)23-13-18(6-7-26(23)36)19-8-10-38-27(14-19)33-30(35-38)34-28(39)17-4-5-17/h6-8,10-17,25H,2-5,9H2,1H3,(H,34,35,39). The van der Waals surface area contributed by atoms with Gasteiger partial charge in [0.2, 0.25) is 11.9 Å². The minimum Gasteiger partial charge on any atom is -0.350 e. The normalized spacial score (nSPS) is 17.2. The molecule has 1 aliphatic carbocycles. The molecular weight excluding hydrogens is 514 g/mol. The maximum absolute atomic E-state index is 14.0. The number of hydrogen-bond donors (Lipinski definition) is 1. The molecule has 1 atom stereocenters. The first kappa shape index (κ1) is 24.4. The Balaban J connectivity index is 1.22. The quantitative estimate of drug-likeness (QED) is 0.320. The molecule has 1 saturated heterocycles. The Morgan fingerprint density at radius 1 is 0.975 bits per heavy atom. The molecule has 1 unspecified atom stereocenters. The molecule has 2 aliphatic rings. The number of aryl methyl sites for hydroxylation is 1. The molecule has 0 radical (unpaired) electrons. The van der Waals surface area contributed by atoms with Crippen LogP contribution >= 0.6 is 0 Å². The lowest BCUT2D eigenvalue weighted by Crippen LogP contribution is -2.30. The Labute approximate surface area is 228 Å². The molecule has 7 rings (SSSR count). The van der Waals surface area contributed by atoms with E-state index in [9.17, 15) is 18.4 Å². The average Bonchev–Trinajstić information content (AvgIpc) is 3.39. The van der Waals surface area contributed by atoms with Crippen LogP contribution in [0.15, 0.2) is 60.9 Å². The third-order valence-corrected chi connectivity index (χ3v) is 7.86. The number of pyridine rings is 1. The summed E-state index contributed by atoms with van der Waals surface area (Å²) in [6.45, 7) is 0.515. The van der Waals surface area contributed by atoms with Gasteiger partial charge in [0, 0.05) is 48.9 Å². The van der Waals surface area contributed by atoms with E-state index in [-0.39, 0.29) is 29.7 Å². The van der Waals surface area contributed by atoms with Gasteiger partial charge in [-0.15, -0.1) is 5.10 Å². The second kappa shape index (κ2) is 9.25. The van der Waals surface area contributed by atoms with Gasteiger partial charge in [-0.3, -0.25) is 14.9 Å². The van der Waals surface area contributed by atoms with Gasteiger partial charge < -0.3 is 9.47 Å². The van der Waals surface area contributed by atoms with Crippen LogP contribution in [0.2, 0.25) is 0 Å². The van der Waals surface area contributed by atoms with Gasteiger partial charge in [0.05, 0.1) is 11.6 Å². The van der Waals surface area contributed by atoms with Crippen molar-refractivity contribution in [1.29, 1.82) is 0 Å². The van der Waals surface area contributed by atoms with Crippen LogP contribution in [-0.4, -0.2) is 42.4 Å². The van der Waals surface area contributed by atoms with E-state index in [4.69, 9.17) is 0 Å². The Morgan fingerprint density at radius 3 is 2.52 bits per heavy atom. The first-order valence-electron chi connectivity index (χ1n) is 13.4. The summed E-state index contributed by atoms with van der Waals surface area (Å²) in [7, 11) is 1.89.